The molecule has 108 valence electrons. The Morgan fingerprint density at radius 1 is 1.40 bits per heavy atom. The fraction of sp³-hybridized carbons (Fsp3) is 0.429. The van der Waals surface area contributed by atoms with Crippen LogP contribution in [0.2, 0.25) is 5.02 Å². The normalized spacial score (nSPS) is 22.6. The van der Waals surface area contributed by atoms with Crippen molar-refractivity contribution < 1.29 is 19.1 Å². The van der Waals surface area contributed by atoms with Crippen molar-refractivity contribution in [2.45, 2.75) is 25.8 Å². The van der Waals surface area contributed by atoms with Crippen LogP contribution in [0.5, 0.6) is 0 Å². The first kappa shape index (κ1) is 14.8. The maximum absolute atomic E-state index is 13.8. The van der Waals surface area contributed by atoms with Crippen molar-refractivity contribution in [3.63, 3.8) is 0 Å². The van der Waals surface area contributed by atoms with E-state index in [1.54, 1.807) is 0 Å². The number of hydrogen-bond acceptors (Lipinski definition) is 2. The highest BCUT2D eigenvalue weighted by atomic mass is 35.5. The molecular formula is C14H15ClFNO3. The van der Waals surface area contributed by atoms with E-state index in [1.165, 1.54) is 17.0 Å². The molecule has 1 saturated heterocycles. The molecule has 1 aromatic rings. The number of likely N-dealkylation sites (tertiary alicyclic amines) is 1. The fourth-order valence-corrected chi connectivity index (χ4v) is 2.57. The quantitative estimate of drug-likeness (QED) is 0.913. The molecule has 1 aliphatic rings. The zero-order valence-corrected chi connectivity index (χ0v) is 11.7. The van der Waals surface area contributed by atoms with Crippen LogP contribution in [0.25, 0.3) is 0 Å². The molecule has 2 unspecified atom stereocenters. The van der Waals surface area contributed by atoms with Crippen molar-refractivity contribution >= 4 is 23.5 Å². The molecule has 0 aliphatic carbocycles. The molecule has 1 N–H and O–H groups in total. The molecule has 6 heteroatoms. The third-order valence-electron chi connectivity index (χ3n) is 3.65. The number of amides is 1. The first-order chi connectivity index (χ1) is 9.40. The second-order valence-electron chi connectivity index (χ2n) is 5.04. The lowest BCUT2D eigenvalue weighted by molar-refractivity contribution is -0.143. The Hall–Kier alpha value is -1.62. The summed E-state index contributed by atoms with van der Waals surface area (Å²) in [7, 11) is 0. The van der Waals surface area contributed by atoms with Gasteiger partial charge in [-0.05, 0) is 38.0 Å². The van der Waals surface area contributed by atoms with Gasteiger partial charge in [0.25, 0.3) is 5.91 Å². The molecule has 0 bridgehead atoms. The second-order valence-corrected chi connectivity index (χ2v) is 5.48. The zero-order valence-electron chi connectivity index (χ0n) is 11.0. The Bertz CT molecular complexity index is 549. The molecule has 0 spiro atoms. The van der Waals surface area contributed by atoms with Crippen LogP contribution in [-0.4, -0.2) is 34.5 Å². The number of carbonyl (C=O) groups is 2. The smallest absolute Gasteiger partial charge is 0.308 e. The molecule has 0 saturated carbocycles. The van der Waals surface area contributed by atoms with Crippen LogP contribution in [0.1, 0.15) is 30.1 Å². The van der Waals surface area contributed by atoms with Gasteiger partial charge in [0.1, 0.15) is 5.82 Å². The van der Waals surface area contributed by atoms with Crippen LogP contribution in [-0.2, 0) is 4.79 Å². The van der Waals surface area contributed by atoms with Gasteiger partial charge in [0.05, 0.1) is 11.5 Å². The number of piperidine rings is 1. The van der Waals surface area contributed by atoms with Crippen molar-refractivity contribution in [1.29, 1.82) is 0 Å². The first-order valence-corrected chi connectivity index (χ1v) is 6.76. The summed E-state index contributed by atoms with van der Waals surface area (Å²) in [4.78, 5) is 24.8. The highest BCUT2D eigenvalue weighted by Gasteiger charge is 2.33. The number of nitrogens with zero attached hydrogens (tertiary/aromatic N) is 1. The monoisotopic (exact) mass is 299 g/mol. The number of benzene rings is 1. The molecule has 1 fully saturated rings. The lowest BCUT2D eigenvalue weighted by Crippen LogP contribution is -2.47. The molecule has 1 amide bonds. The van der Waals surface area contributed by atoms with Gasteiger partial charge in [0, 0.05) is 17.6 Å². The van der Waals surface area contributed by atoms with Crippen LogP contribution in [0.3, 0.4) is 0 Å². The predicted molar refractivity (Wildman–Crippen MR) is 72.3 cm³/mol. The van der Waals surface area contributed by atoms with Crippen LogP contribution in [0, 0.1) is 11.7 Å². The van der Waals surface area contributed by atoms with Gasteiger partial charge < -0.3 is 10.0 Å². The van der Waals surface area contributed by atoms with E-state index in [-0.39, 0.29) is 23.2 Å². The summed E-state index contributed by atoms with van der Waals surface area (Å²) < 4.78 is 13.8. The summed E-state index contributed by atoms with van der Waals surface area (Å²) in [6.45, 7) is 1.95. The van der Waals surface area contributed by atoms with Gasteiger partial charge in [-0.1, -0.05) is 11.6 Å². The van der Waals surface area contributed by atoms with Gasteiger partial charge in [-0.15, -0.1) is 0 Å². The molecule has 1 aliphatic heterocycles. The highest BCUT2D eigenvalue weighted by molar-refractivity contribution is 6.30. The van der Waals surface area contributed by atoms with Gasteiger partial charge in [0.2, 0.25) is 0 Å². The van der Waals surface area contributed by atoms with Crippen molar-refractivity contribution in [2.75, 3.05) is 6.54 Å². The van der Waals surface area contributed by atoms with E-state index in [1.807, 2.05) is 6.92 Å². The summed E-state index contributed by atoms with van der Waals surface area (Å²) in [5.74, 6) is -2.69. The molecule has 0 aromatic heterocycles. The van der Waals surface area contributed by atoms with Crippen molar-refractivity contribution in [3.8, 4) is 0 Å². The zero-order chi connectivity index (χ0) is 14.9. The summed E-state index contributed by atoms with van der Waals surface area (Å²) in [5.41, 5.74) is -0.0766. The van der Waals surface area contributed by atoms with Gasteiger partial charge in [-0.3, -0.25) is 9.59 Å². The van der Waals surface area contributed by atoms with Crippen molar-refractivity contribution in [2.24, 2.45) is 5.92 Å². The van der Waals surface area contributed by atoms with Crippen LogP contribution >= 0.6 is 11.6 Å². The molecule has 0 radical (unpaired) electrons. The molecular weight excluding hydrogens is 285 g/mol. The predicted octanol–water partition coefficient (Wildman–Crippen LogP) is 2.80. The van der Waals surface area contributed by atoms with Gasteiger partial charge in [-0.2, -0.15) is 0 Å². The third-order valence-corrected chi connectivity index (χ3v) is 3.89. The van der Waals surface area contributed by atoms with Crippen LogP contribution in [0.15, 0.2) is 18.2 Å². The molecule has 2 atom stereocenters. The first-order valence-electron chi connectivity index (χ1n) is 6.39. The summed E-state index contributed by atoms with van der Waals surface area (Å²) in [6, 6.07) is 3.75. The molecule has 20 heavy (non-hydrogen) atoms. The van der Waals surface area contributed by atoms with E-state index in [4.69, 9.17) is 16.7 Å². The fourth-order valence-electron chi connectivity index (χ4n) is 2.41. The average Bonchev–Trinajstić information content (AvgIpc) is 2.38. The Morgan fingerprint density at radius 2 is 2.10 bits per heavy atom. The number of carboxylic acid groups (broad SMARTS) is 1. The molecule has 2 rings (SSSR count). The summed E-state index contributed by atoms with van der Waals surface area (Å²) in [6.07, 6.45) is 1.13. The van der Waals surface area contributed by atoms with E-state index in [9.17, 15) is 14.0 Å². The average molecular weight is 300 g/mol. The van der Waals surface area contributed by atoms with Gasteiger partial charge in [0.15, 0.2) is 0 Å². The SMILES string of the molecule is CC1CCC(C(=O)O)CN1C(=O)c1ccc(Cl)cc1F. The lowest BCUT2D eigenvalue weighted by Gasteiger charge is -2.36. The maximum atomic E-state index is 13.8. The minimum atomic E-state index is -0.925. The topological polar surface area (TPSA) is 57.6 Å². The van der Waals surface area contributed by atoms with Crippen molar-refractivity contribution in [1.82, 2.24) is 4.90 Å². The molecule has 1 aromatic carbocycles. The number of hydrogen-bond donors (Lipinski definition) is 1. The van der Waals surface area contributed by atoms with E-state index in [0.717, 1.165) is 6.07 Å². The van der Waals surface area contributed by atoms with Crippen LogP contribution in [0.4, 0.5) is 4.39 Å². The van der Waals surface area contributed by atoms with E-state index in [2.05, 4.69) is 0 Å². The lowest BCUT2D eigenvalue weighted by atomic mass is 9.93. The summed E-state index contributed by atoms with van der Waals surface area (Å²) in [5, 5.41) is 9.27. The number of rotatable bonds is 2. The number of carboxylic acids is 1. The molecule has 4 nitrogen and oxygen atoms in total. The van der Waals surface area contributed by atoms with Gasteiger partial charge >= 0.3 is 5.97 Å². The number of halogens is 2. The van der Waals surface area contributed by atoms with Crippen molar-refractivity contribution in [3.05, 3.63) is 34.6 Å². The maximum Gasteiger partial charge on any atom is 0.308 e. The largest absolute Gasteiger partial charge is 0.481 e. The Balaban J connectivity index is 2.24. The van der Waals surface area contributed by atoms with E-state index in [0.29, 0.717) is 12.8 Å². The highest BCUT2D eigenvalue weighted by Crippen LogP contribution is 2.25. The minimum Gasteiger partial charge on any atom is -0.481 e. The number of carbonyl (C=O) groups excluding carboxylic acids is 1. The third kappa shape index (κ3) is 2.93. The second kappa shape index (κ2) is 5.79. The van der Waals surface area contributed by atoms with Crippen LogP contribution < -0.4 is 0 Å². The Labute approximate surface area is 121 Å². The molecule has 1 heterocycles. The summed E-state index contributed by atoms with van der Waals surface area (Å²) >= 11 is 5.66. The Kier molecular flexibility index (Phi) is 4.28. The minimum absolute atomic E-state index is 0.0766. The van der Waals surface area contributed by atoms with Gasteiger partial charge in [-0.25, -0.2) is 4.39 Å². The number of aliphatic carboxylic acids is 1. The van der Waals surface area contributed by atoms with E-state index >= 15 is 0 Å². The standard InChI is InChI=1S/C14H15ClFNO3/c1-8-2-3-9(14(19)20)7-17(8)13(18)11-5-4-10(15)6-12(11)16/h4-6,8-9H,2-3,7H2,1H3,(H,19,20). The Morgan fingerprint density at radius 3 is 2.70 bits per heavy atom. The van der Waals surface area contributed by atoms with E-state index < -0.39 is 23.6 Å².